The molecule has 3 heteroatoms. The molecule has 0 atom stereocenters. The predicted molar refractivity (Wildman–Crippen MR) is 32.4 cm³/mol. The molecule has 1 heterocycles. The third kappa shape index (κ3) is 1.43. The summed E-state index contributed by atoms with van der Waals surface area (Å²) in [6.45, 7) is 2.59. The highest BCUT2D eigenvalue weighted by molar-refractivity contribution is 6.29. The molecule has 0 unspecified atom stereocenters. The highest BCUT2D eigenvalue weighted by Gasteiger charge is 2.15. The van der Waals surface area contributed by atoms with Crippen molar-refractivity contribution in [2.75, 3.05) is 27.2 Å². The van der Waals surface area contributed by atoms with Crippen molar-refractivity contribution in [3.8, 4) is 0 Å². The number of hydrogen-bond donors (Lipinski definition) is 0. The van der Waals surface area contributed by atoms with Crippen LogP contribution in [0, 0.1) is 0 Å². The first-order valence-electron chi connectivity index (χ1n) is 2.66. The van der Waals surface area contributed by atoms with Crippen LogP contribution in [-0.4, -0.2) is 50.6 Å². The van der Waals surface area contributed by atoms with E-state index in [4.69, 9.17) is 0 Å². The molecule has 0 spiro atoms. The van der Waals surface area contributed by atoms with Crippen molar-refractivity contribution in [1.29, 1.82) is 0 Å². The summed E-state index contributed by atoms with van der Waals surface area (Å²) >= 11 is 0.0586. The maximum absolute atomic E-state index is 2.44. The smallest absolute Gasteiger partial charge is 0.376 e. The molecule has 40 valence electrons. The topological polar surface area (TPSA) is 6.48 Å². The normalized spacial score (nSPS) is 25.4. The van der Waals surface area contributed by atoms with Crippen LogP contribution in [0.3, 0.4) is 0 Å². The fourth-order valence-corrected chi connectivity index (χ4v) is 2.28. The maximum Gasteiger partial charge on any atom is 0.462 e. The van der Waals surface area contributed by atoms with Gasteiger partial charge in [-0.05, 0) is 27.2 Å². The number of hydrogen-bond acceptors (Lipinski definition) is 2. The zero-order chi connectivity index (χ0) is 5.28. The molecule has 0 aromatic rings. The van der Waals surface area contributed by atoms with Crippen molar-refractivity contribution in [3.05, 3.63) is 0 Å². The molecule has 0 radical (unpaired) electrons. The van der Waals surface area contributed by atoms with Gasteiger partial charge in [0, 0.05) is 0 Å². The first kappa shape index (κ1) is 5.59. The molecule has 0 N–H and O–H groups in total. The van der Waals surface area contributed by atoms with Crippen molar-refractivity contribution < 1.29 is 0 Å². The van der Waals surface area contributed by atoms with E-state index in [1.807, 2.05) is 0 Å². The van der Waals surface area contributed by atoms with Crippen LogP contribution in [0.25, 0.3) is 0 Å². The second kappa shape index (κ2) is 2.15. The molecule has 1 aliphatic rings. The number of rotatable bonds is 0. The molecule has 1 rings (SSSR count). The third-order valence-electron chi connectivity index (χ3n) is 1.35. The molecule has 1 fully saturated rings. The van der Waals surface area contributed by atoms with Crippen LogP contribution >= 0.6 is 0 Å². The molecule has 0 aliphatic carbocycles. The molecule has 2 nitrogen and oxygen atoms in total. The van der Waals surface area contributed by atoms with E-state index < -0.39 is 0 Å². The molecule has 0 saturated carbocycles. The largest absolute Gasteiger partial charge is 0.462 e. The van der Waals surface area contributed by atoms with Gasteiger partial charge in [-0.3, -0.25) is 0 Å². The highest BCUT2D eigenvalue weighted by Crippen LogP contribution is 1.92. The van der Waals surface area contributed by atoms with Crippen LogP contribution in [0.1, 0.15) is 0 Å². The molecule has 1 saturated heterocycles. The summed E-state index contributed by atoms with van der Waals surface area (Å²) in [5.41, 5.74) is 0. The molecular formula is C4H11AlN2. The Bertz CT molecular complexity index is 58.7. The third-order valence-corrected chi connectivity index (χ3v) is 2.94. The van der Waals surface area contributed by atoms with E-state index in [-0.39, 0.29) is 15.7 Å². The van der Waals surface area contributed by atoms with Crippen LogP contribution in [0.2, 0.25) is 0 Å². The average molecular weight is 114 g/mol. The van der Waals surface area contributed by atoms with Gasteiger partial charge in [0.1, 0.15) is 0 Å². The molecule has 1 aliphatic heterocycles. The summed E-state index contributed by atoms with van der Waals surface area (Å²) in [4.78, 5) is 0. The summed E-state index contributed by atoms with van der Waals surface area (Å²) < 4.78 is 4.89. The first-order valence-corrected chi connectivity index (χ1v) is 3.92. The SMILES string of the molecule is C[N]1CC[N](C)[AlH]1. The minimum Gasteiger partial charge on any atom is -0.376 e. The Hall–Kier alpha value is 0.452. The van der Waals surface area contributed by atoms with Crippen LogP contribution in [0.5, 0.6) is 0 Å². The Balaban J connectivity index is 2.26. The van der Waals surface area contributed by atoms with Gasteiger partial charge in [-0.2, -0.15) is 0 Å². The van der Waals surface area contributed by atoms with E-state index in [9.17, 15) is 0 Å². The van der Waals surface area contributed by atoms with Gasteiger partial charge in [0.15, 0.2) is 0 Å². The zero-order valence-electron chi connectivity index (χ0n) is 5.02. The second-order valence-corrected chi connectivity index (χ2v) is 4.74. The fraction of sp³-hybridized carbons (Fsp3) is 1.00. The Labute approximate surface area is 51.2 Å². The molecule has 0 amide bonds. The van der Waals surface area contributed by atoms with Gasteiger partial charge < -0.3 is 7.77 Å². The van der Waals surface area contributed by atoms with Gasteiger partial charge in [-0.1, -0.05) is 0 Å². The first-order chi connectivity index (χ1) is 3.29. The van der Waals surface area contributed by atoms with Gasteiger partial charge in [0.2, 0.25) is 0 Å². The monoisotopic (exact) mass is 114 g/mol. The van der Waals surface area contributed by atoms with Crippen molar-refractivity contribution >= 4 is 15.7 Å². The van der Waals surface area contributed by atoms with Crippen molar-refractivity contribution in [2.24, 2.45) is 0 Å². The van der Waals surface area contributed by atoms with Crippen LogP contribution in [0.4, 0.5) is 0 Å². The Morgan fingerprint density at radius 1 is 1.14 bits per heavy atom. The summed E-state index contributed by atoms with van der Waals surface area (Å²) in [6.07, 6.45) is 0. The summed E-state index contributed by atoms with van der Waals surface area (Å²) in [7, 11) is 4.41. The van der Waals surface area contributed by atoms with Gasteiger partial charge >= 0.3 is 15.7 Å². The Morgan fingerprint density at radius 3 is 1.71 bits per heavy atom. The lowest BCUT2D eigenvalue weighted by Gasteiger charge is -2.02. The second-order valence-electron chi connectivity index (χ2n) is 2.30. The Morgan fingerprint density at radius 2 is 1.57 bits per heavy atom. The van der Waals surface area contributed by atoms with E-state index in [2.05, 4.69) is 21.9 Å². The fourth-order valence-electron chi connectivity index (χ4n) is 0.895. The lowest BCUT2D eigenvalue weighted by atomic mass is 10.6. The lowest BCUT2D eigenvalue weighted by molar-refractivity contribution is 0.553. The number of likely N-dealkylation sites (N-methyl/N-ethyl adjacent to an activating group) is 2. The molecule has 0 bridgehead atoms. The minimum absolute atomic E-state index is 0.0586. The van der Waals surface area contributed by atoms with E-state index in [0.717, 1.165) is 0 Å². The minimum atomic E-state index is 0.0586. The van der Waals surface area contributed by atoms with E-state index in [0.29, 0.717) is 0 Å². The maximum atomic E-state index is 2.44. The van der Waals surface area contributed by atoms with Crippen LogP contribution in [-0.2, 0) is 0 Å². The highest BCUT2D eigenvalue weighted by atomic mass is 27.1. The quantitative estimate of drug-likeness (QED) is 0.378. The number of nitrogens with zero attached hydrogens (tertiary/aromatic N) is 2. The van der Waals surface area contributed by atoms with E-state index in [1.165, 1.54) is 13.1 Å². The van der Waals surface area contributed by atoms with Gasteiger partial charge in [0.25, 0.3) is 0 Å². The van der Waals surface area contributed by atoms with Gasteiger partial charge in [0.05, 0.1) is 0 Å². The summed E-state index contributed by atoms with van der Waals surface area (Å²) in [6, 6.07) is 0. The molecule has 7 heavy (non-hydrogen) atoms. The molecule has 0 aromatic carbocycles. The van der Waals surface area contributed by atoms with Crippen molar-refractivity contribution in [1.82, 2.24) is 7.77 Å². The van der Waals surface area contributed by atoms with E-state index >= 15 is 0 Å². The standard InChI is InChI=1S/C4H10N2.Al.H/c1-5-3-4-6-2;;/h3-4H2,1-2H3;;/q-2;+2;. The van der Waals surface area contributed by atoms with Crippen LogP contribution in [0.15, 0.2) is 0 Å². The average Bonchev–Trinajstić information content (AvgIpc) is 1.87. The van der Waals surface area contributed by atoms with E-state index in [1.54, 1.807) is 0 Å². The molecule has 0 aromatic heterocycles. The lowest BCUT2D eigenvalue weighted by Crippen LogP contribution is -2.23. The van der Waals surface area contributed by atoms with Gasteiger partial charge in [-0.25, -0.2) is 0 Å². The van der Waals surface area contributed by atoms with Crippen LogP contribution < -0.4 is 0 Å². The zero-order valence-corrected chi connectivity index (χ0v) is 6.43. The summed E-state index contributed by atoms with van der Waals surface area (Å²) in [5.74, 6) is 0. The van der Waals surface area contributed by atoms with Gasteiger partial charge in [-0.15, -0.1) is 0 Å². The molecular weight excluding hydrogens is 103 g/mol. The predicted octanol–water partition coefficient (Wildman–Crippen LogP) is -0.870. The Kier molecular flexibility index (Phi) is 1.71. The summed E-state index contributed by atoms with van der Waals surface area (Å²) in [5, 5.41) is 0. The van der Waals surface area contributed by atoms with Crippen molar-refractivity contribution in [2.45, 2.75) is 0 Å². The van der Waals surface area contributed by atoms with Crippen molar-refractivity contribution in [3.63, 3.8) is 0 Å².